The molecule has 0 aliphatic carbocycles. The van der Waals surface area contributed by atoms with Crippen LogP contribution in [0.4, 0.5) is 4.79 Å². The molecule has 4 nitrogen and oxygen atoms in total. The highest BCUT2D eigenvalue weighted by molar-refractivity contribution is 5.61. The van der Waals surface area contributed by atoms with Gasteiger partial charge in [0.1, 0.15) is 0 Å². The van der Waals surface area contributed by atoms with Crippen LogP contribution in [0, 0.1) is 0 Å². The zero-order valence-electron chi connectivity index (χ0n) is 5.21. The second-order valence-electron chi connectivity index (χ2n) is 1.64. The molecule has 0 aromatic heterocycles. The second kappa shape index (κ2) is 2.52. The van der Waals surface area contributed by atoms with Gasteiger partial charge in [0.2, 0.25) is 0 Å². The van der Waals surface area contributed by atoms with E-state index < -0.39 is 6.09 Å². The molecule has 1 amide bonds. The number of carboxylic acid groups (broad SMARTS) is 1. The predicted molar refractivity (Wildman–Crippen MR) is 26.8 cm³/mol. The monoisotopic (exact) mass is 117 g/mol. The van der Waals surface area contributed by atoms with Crippen molar-refractivity contribution in [1.82, 2.24) is 10.0 Å². The molecule has 0 aromatic rings. The molecule has 0 aromatic carbocycles. The molecule has 0 N–H and O–H groups in total. The van der Waals surface area contributed by atoms with Gasteiger partial charge >= 0.3 is 0 Å². The number of hydrogen-bond donors (Lipinski definition) is 0. The highest BCUT2D eigenvalue weighted by Crippen LogP contribution is 1.80. The third-order valence-corrected chi connectivity index (χ3v) is 0.864. The lowest BCUT2D eigenvalue weighted by Crippen LogP contribution is -2.45. The van der Waals surface area contributed by atoms with Crippen LogP contribution in [0.1, 0.15) is 0 Å². The maximum atomic E-state index is 9.91. The van der Waals surface area contributed by atoms with Crippen molar-refractivity contribution >= 4 is 6.09 Å². The Bertz CT molecular complexity index is 92.0. The highest BCUT2D eigenvalue weighted by atomic mass is 16.4. The third-order valence-electron chi connectivity index (χ3n) is 0.864. The van der Waals surface area contributed by atoms with Gasteiger partial charge in [0.15, 0.2) is 6.09 Å². The first-order valence-corrected chi connectivity index (χ1v) is 2.17. The molecule has 0 radical (unpaired) electrons. The van der Waals surface area contributed by atoms with Gasteiger partial charge in [-0.3, -0.25) is 5.01 Å². The van der Waals surface area contributed by atoms with E-state index in [-0.39, 0.29) is 0 Å². The summed E-state index contributed by atoms with van der Waals surface area (Å²) < 4.78 is 0. The number of amides is 1. The first-order valence-electron chi connectivity index (χ1n) is 2.17. The summed E-state index contributed by atoms with van der Waals surface area (Å²) >= 11 is 0. The van der Waals surface area contributed by atoms with E-state index in [9.17, 15) is 9.90 Å². The van der Waals surface area contributed by atoms with Gasteiger partial charge in [0.25, 0.3) is 0 Å². The summed E-state index contributed by atoms with van der Waals surface area (Å²) in [5.74, 6) is 0. The van der Waals surface area contributed by atoms with Gasteiger partial charge in [-0.05, 0) is 0 Å². The van der Waals surface area contributed by atoms with E-state index in [1.807, 2.05) is 0 Å². The number of hydrazine groups is 1. The van der Waals surface area contributed by atoms with Crippen LogP contribution in [-0.2, 0) is 0 Å². The smallest absolute Gasteiger partial charge is 0.152 e. The predicted octanol–water partition coefficient (Wildman–Crippen LogP) is -1.26. The highest BCUT2D eigenvalue weighted by Gasteiger charge is 1.95. The third kappa shape index (κ3) is 1.79. The lowest BCUT2D eigenvalue weighted by atomic mass is 10.9. The largest absolute Gasteiger partial charge is 0.529 e. The number of rotatable bonds is 1. The van der Waals surface area contributed by atoms with Crippen LogP contribution in [0.3, 0.4) is 0 Å². The maximum Gasteiger partial charge on any atom is 0.152 e. The quantitative estimate of drug-likeness (QED) is 0.403. The average molecular weight is 117 g/mol. The number of carbonyl (C=O) groups is 1. The van der Waals surface area contributed by atoms with Gasteiger partial charge in [-0.25, -0.2) is 5.01 Å². The topological polar surface area (TPSA) is 46.6 Å². The normalized spacial score (nSPS) is 9.50. The van der Waals surface area contributed by atoms with E-state index in [1.54, 1.807) is 14.1 Å². The Morgan fingerprint density at radius 3 is 1.75 bits per heavy atom. The van der Waals surface area contributed by atoms with Crippen LogP contribution in [-0.4, -0.2) is 37.3 Å². The molecule has 0 aliphatic rings. The maximum absolute atomic E-state index is 9.91. The van der Waals surface area contributed by atoms with Crippen LogP contribution >= 0.6 is 0 Å². The summed E-state index contributed by atoms with van der Waals surface area (Å²) in [4.78, 5) is 9.91. The molecule has 0 saturated heterocycles. The van der Waals surface area contributed by atoms with E-state index in [0.717, 1.165) is 5.01 Å². The molecule has 0 unspecified atom stereocenters. The molecule has 48 valence electrons. The Hall–Kier alpha value is -0.770. The molecule has 8 heavy (non-hydrogen) atoms. The van der Waals surface area contributed by atoms with E-state index in [0.29, 0.717) is 0 Å². The molecule has 0 rings (SSSR count). The molecule has 4 heteroatoms. The van der Waals surface area contributed by atoms with E-state index in [4.69, 9.17) is 0 Å². The van der Waals surface area contributed by atoms with Crippen LogP contribution in [0.25, 0.3) is 0 Å². The van der Waals surface area contributed by atoms with Crippen molar-refractivity contribution in [2.45, 2.75) is 0 Å². The fourth-order valence-electron chi connectivity index (χ4n) is 0.163. The molecule has 0 spiro atoms. The standard InChI is InChI=1S/C4H10N2O2/c1-5(2)6(3)4(7)8/h1-3H3,(H,7,8)/p-1. The number of nitrogens with zero attached hydrogens (tertiary/aromatic N) is 2. The van der Waals surface area contributed by atoms with E-state index >= 15 is 0 Å². The number of hydrogen-bond acceptors (Lipinski definition) is 3. The van der Waals surface area contributed by atoms with Crippen molar-refractivity contribution < 1.29 is 9.90 Å². The summed E-state index contributed by atoms with van der Waals surface area (Å²) in [6.07, 6.45) is -1.20. The van der Waals surface area contributed by atoms with Gasteiger partial charge in [0, 0.05) is 21.1 Å². The second-order valence-corrected chi connectivity index (χ2v) is 1.64. The molecule has 0 saturated carbocycles. The minimum atomic E-state index is -1.20. The lowest BCUT2D eigenvalue weighted by Gasteiger charge is -2.25. The number of carbonyl (C=O) groups excluding carboxylic acids is 1. The van der Waals surface area contributed by atoms with E-state index in [1.165, 1.54) is 12.1 Å². The minimum Gasteiger partial charge on any atom is -0.529 e. The van der Waals surface area contributed by atoms with Gasteiger partial charge in [-0.15, -0.1) is 0 Å². The van der Waals surface area contributed by atoms with Crippen LogP contribution in [0.15, 0.2) is 0 Å². The molecular formula is C4H9N2O2-. The van der Waals surface area contributed by atoms with Crippen LogP contribution in [0.2, 0.25) is 0 Å². The summed E-state index contributed by atoms with van der Waals surface area (Å²) in [6, 6.07) is 0. The van der Waals surface area contributed by atoms with Gasteiger partial charge in [0.05, 0.1) is 0 Å². The van der Waals surface area contributed by atoms with Crippen molar-refractivity contribution in [1.29, 1.82) is 0 Å². The fourth-order valence-corrected chi connectivity index (χ4v) is 0.163. The molecule has 0 atom stereocenters. The Balaban J connectivity index is 3.64. The minimum absolute atomic E-state index is 0.972. The molecule has 0 aliphatic heterocycles. The fraction of sp³-hybridized carbons (Fsp3) is 0.750. The molecule has 0 fully saturated rings. The molecule has 0 heterocycles. The Kier molecular flexibility index (Phi) is 2.27. The molecule has 0 bridgehead atoms. The Morgan fingerprint density at radius 1 is 1.38 bits per heavy atom. The van der Waals surface area contributed by atoms with Crippen molar-refractivity contribution in [3.05, 3.63) is 0 Å². The summed E-state index contributed by atoms with van der Waals surface area (Å²) in [7, 11) is 4.65. The van der Waals surface area contributed by atoms with Crippen LogP contribution < -0.4 is 5.11 Å². The summed E-state index contributed by atoms with van der Waals surface area (Å²) in [5, 5.41) is 12.3. The molecular weight excluding hydrogens is 108 g/mol. The van der Waals surface area contributed by atoms with Crippen molar-refractivity contribution in [3.8, 4) is 0 Å². The van der Waals surface area contributed by atoms with Crippen molar-refractivity contribution in [2.75, 3.05) is 21.1 Å². The average Bonchev–Trinajstić information content (AvgIpc) is 1.64. The zero-order valence-corrected chi connectivity index (χ0v) is 5.21. The summed E-state index contributed by atoms with van der Waals surface area (Å²) in [6.45, 7) is 0. The van der Waals surface area contributed by atoms with Gasteiger partial charge < -0.3 is 9.90 Å². The Labute approximate surface area is 48.3 Å². The van der Waals surface area contributed by atoms with Gasteiger partial charge in [-0.2, -0.15) is 0 Å². The van der Waals surface area contributed by atoms with Crippen molar-refractivity contribution in [3.63, 3.8) is 0 Å². The zero-order chi connectivity index (χ0) is 6.73. The summed E-state index contributed by atoms with van der Waals surface area (Å²) in [5.41, 5.74) is 0. The van der Waals surface area contributed by atoms with E-state index in [2.05, 4.69) is 0 Å². The Morgan fingerprint density at radius 2 is 1.75 bits per heavy atom. The SMILES string of the molecule is CN(C)N(C)C(=O)[O-]. The van der Waals surface area contributed by atoms with Gasteiger partial charge in [-0.1, -0.05) is 0 Å². The van der Waals surface area contributed by atoms with Crippen molar-refractivity contribution in [2.24, 2.45) is 0 Å². The lowest BCUT2D eigenvalue weighted by molar-refractivity contribution is -0.275. The first-order chi connectivity index (χ1) is 3.55. The first kappa shape index (κ1) is 7.23. The van der Waals surface area contributed by atoms with Crippen LogP contribution in [0.5, 0.6) is 0 Å².